The number of nitrogens with two attached hydrogens (primary N) is 1. The van der Waals surface area contributed by atoms with Gasteiger partial charge in [0.15, 0.2) is 17.2 Å². The van der Waals surface area contributed by atoms with Crippen molar-refractivity contribution in [1.82, 2.24) is 14.4 Å². The summed E-state index contributed by atoms with van der Waals surface area (Å²) < 4.78 is 7.52. The fourth-order valence-electron chi connectivity index (χ4n) is 2.74. The van der Waals surface area contributed by atoms with Gasteiger partial charge in [0.2, 0.25) is 0 Å². The van der Waals surface area contributed by atoms with Gasteiger partial charge in [0.1, 0.15) is 5.75 Å². The highest BCUT2D eigenvalue weighted by atomic mass is 35.5. The summed E-state index contributed by atoms with van der Waals surface area (Å²) in [5.74, 6) is 1.37. The molecule has 4 aromatic rings. The minimum absolute atomic E-state index is 0.246. The van der Waals surface area contributed by atoms with E-state index < -0.39 is 0 Å². The largest absolute Gasteiger partial charge is 0.454 e. The quantitative estimate of drug-likeness (QED) is 0.358. The van der Waals surface area contributed by atoms with E-state index >= 15 is 0 Å². The van der Waals surface area contributed by atoms with Crippen LogP contribution in [0.25, 0.3) is 16.7 Å². The van der Waals surface area contributed by atoms with Gasteiger partial charge in [-0.05, 0) is 30.3 Å². The van der Waals surface area contributed by atoms with Crippen molar-refractivity contribution in [2.75, 3.05) is 5.32 Å². The smallest absolute Gasteiger partial charge is 0.180 e. The van der Waals surface area contributed by atoms with Gasteiger partial charge < -0.3 is 21.2 Å². The number of halogens is 1. The molecule has 0 saturated heterocycles. The van der Waals surface area contributed by atoms with Crippen molar-refractivity contribution < 1.29 is 4.74 Å². The van der Waals surface area contributed by atoms with Crippen LogP contribution >= 0.6 is 11.6 Å². The normalized spacial score (nSPS) is 11.7. The molecule has 0 amide bonds. The Morgan fingerprint density at radius 3 is 2.93 bits per heavy atom. The Kier molecular flexibility index (Phi) is 4.35. The number of hydrogen-bond acceptors (Lipinski definition) is 6. The summed E-state index contributed by atoms with van der Waals surface area (Å²) in [7, 11) is 0. The zero-order valence-electron chi connectivity index (χ0n) is 14.1. The van der Waals surface area contributed by atoms with E-state index in [-0.39, 0.29) is 5.76 Å². The second-order valence-corrected chi connectivity index (χ2v) is 6.12. The molecule has 7 nitrogen and oxygen atoms in total. The molecule has 134 valence electrons. The molecule has 4 N–H and O–H groups in total. The predicted octanol–water partition coefficient (Wildman–Crippen LogP) is 4.11. The molecule has 0 spiro atoms. The van der Waals surface area contributed by atoms with Gasteiger partial charge in [0.25, 0.3) is 0 Å². The van der Waals surface area contributed by atoms with Crippen LogP contribution in [0.15, 0.2) is 66.8 Å². The highest BCUT2D eigenvalue weighted by Gasteiger charge is 2.11. The van der Waals surface area contributed by atoms with Crippen molar-refractivity contribution in [2.24, 2.45) is 5.73 Å². The van der Waals surface area contributed by atoms with Crippen molar-refractivity contribution in [3.8, 4) is 5.75 Å². The Labute approximate surface area is 159 Å². The second kappa shape index (κ2) is 6.97. The van der Waals surface area contributed by atoms with Crippen LogP contribution < -0.4 is 15.8 Å². The van der Waals surface area contributed by atoms with Gasteiger partial charge in [-0.1, -0.05) is 17.7 Å². The fraction of sp³-hybridized carbons (Fsp3) is 0. The van der Waals surface area contributed by atoms with Gasteiger partial charge in [0.05, 0.1) is 17.2 Å². The van der Waals surface area contributed by atoms with Crippen LogP contribution in [0.4, 0.5) is 11.5 Å². The maximum atomic E-state index is 7.29. The molecule has 0 bridgehead atoms. The first-order valence-corrected chi connectivity index (χ1v) is 8.45. The van der Waals surface area contributed by atoms with Crippen LogP contribution in [0.2, 0.25) is 5.02 Å². The van der Waals surface area contributed by atoms with E-state index in [0.717, 1.165) is 17.4 Å². The number of ether oxygens (including phenoxy) is 1. The minimum atomic E-state index is 0.246. The Hall–Kier alpha value is -3.58. The minimum Gasteiger partial charge on any atom is -0.454 e. The summed E-state index contributed by atoms with van der Waals surface area (Å²) in [5, 5.41) is 11.2. The highest BCUT2D eigenvalue weighted by molar-refractivity contribution is 6.30. The maximum absolute atomic E-state index is 7.29. The average Bonchev–Trinajstić information content (AvgIpc) is 3.16. The first kappa shape index (κ1) is 16.9. The van der Waals surface area contributed by atoms with Crippen LogP contribution in [-0.2, 0) is 0 Å². The summed E-state index contributed by atoms with van der Waals surface area (Å²) in [5.41, 5.74) is 8.51. The third kappa shape index (κ3) is 3.28. The van der Waals surface area contributed by atoms with E-state index in [4.69, 9.17) is 32.5 Å². The Balaban J connectivity index is 1.82. The van der Waals surface area contributed by atoms with Crippen molar-refractivity contribution in [1.29, 1.82) is 5.41 Å². The second-order valence-electron chi connectivity index (χ2n) is 5.68. The molecule has 8 heteroatoms. The molecule has 2 aromatic carbocycles. The molecule has 27 heavy (non-hydrogen) atoms. The molecular formula is C19H15ClN6O. The fourth-order valence-corrected chi connectivity index (χ4v) is 2.93. The Morgan fingerprint density at radius 1 is 1.26 bits per heavy atom. The maximum Gasteiger partial charge on any atom is 0.180 e. The lowest BCUT2D eigenvalue weighted by Crippen LogP contribution is -2.02. The predicted molar refractivity (Wildman–Crippen MR) is 107 cm³/mol. The summed E-state index contributed by atoms with van der Waals surface area (Å²) in [4.78, 5) is 9.10. The number of allylic oxidation sites excluding steroid dienone is 1. The van der Waals surface area contributed by atoms with E-state index in [0.29, 0.717) is 27.8 Å². The molecule has 0 aliphatic rings. The SMILES string of the molecule is N=CC(=CN)Oc1ccc2c(c1)nc(Nc1cccc(Cl)c1)c1nccn12. The number of benzene rings is 2. The lowest BCUT2D eigenvalue weighted by Gasteiger charge is -2.11. The lowest BCUT2D eigenvalue weighted by atomic mass is 10.2. The van der Waals surface area contributed by atoms with Gasteiger partial charge in [-0.15, -0.1) is 0 Å². The molecule has 0 aliphatic heterocycles. The number of imidazole rings is 1. The standard InChI is InChI=1S/C19H15ClN6O/c20-12-2-1-3-13(8-12)24-18-19-23-6-7-26(19)17-5-4-14(9-16(17)25-18)27-15(10-21)11-22/h1-11,21H,22H2,(H,24,25). The Morgan fingerprint density at radius 2 is 2.15 bits per heavy atom. The average molecular weight is 379 g/mol. The monoisotopic (exact) mass is 378 g/mol. The number of hydrogen-bond donors (Lipinski definition) is 3. The molecule has 0 saturated carbocycles. The van der Waals surface area contributed by atoms with Crippen LogP contribution in [0.5, 0.6) is 5.75 Å². The van der Waals surface area contributed by atoms with Crippen molar-refractivity contribution in [2.45, 2.75) is 0 Å². The zero-order valence-corrected chi connectivity index (χ0v) is 14.8. The van der Waals surface area contributed by atoms with Gasteiger partial charge in [-0.3, -0.25) is 4.40 Å². The molecule has 4 rings (SSSR count). The zero-order chi connectivity index (χ0) is 18.8. The van der Waals surface area contributed by atoms with Gasteiger partial charge in [-0.2, -0.15) is 0 Å². The van der Waals surface area contributed by atoms with Gasteiger partial charge >= 0.3 is 0 Å². The molecule has 0 atom stereocenters. The summed E-state index contributed by atoms with van der Waals surface area (Å²) in [6.07, 6.45) is 5.86. The molecule has 2 heterocycles. The molecule has 0 aliphatic carbocycles. The highest BCUT2D eigenvalue weighted by Crippen LogP contribution is 2.27. The number of nitrogens with zero attached hydrogens (tertiary/aromatic N) is 3. The van der Waals surface area contributed by atoms with Crippen LogP contribution in [-0.4, -0.2) is 20.6 Å². The molecular weight excluding hydrogens is 364 g/mol. The first-order valence-electron chi connectivity index (χ1n) is 8.07. The number of fused-ring (bicyclic) bond motifs is 3. The number of aromatic nitrogens is 3. The Bertz CT molecular complexity index is 1180. The molecule has 0 fully saturated rings. The first-order chi connectivity index (χ1) is 13.2. The van der Waals surface area contributed by atoms with Crippen molar-refractivity contribution in [3.63, 3.8) is 0 Å². The molecule has 0 unspecified atom stereocenters. The molecule has 2 aromatic heterocycles. The third-order valence-corrected chi connectivity index (χ3v) is 4.16. The van der Waals surface area contributed by atoms with Crippen LogP contribution in [0.1, 0.15) is 0 Å². The van der Waals surface area contributed by atoms with E-state index in [1.54, 1.807) is 24.4 Å². The van der Waals surface area contributed by atoms with Gasteiger partial charge in [-0.25, -0.2) is 9.97 Å². The van der Waals surface area contributed by atoms with Crippen LogP contribution in [0.3, 0.4) is 0 Å². The number of nitrogens with one attached hydrogen (secondary N) is 2. The van der Waals surface area contributed by atoms with E-state index in [1.807, 2.05) is 34.9 Å². The van der Waals surface area contributed by atoms with Crippen LogP contribution in [0, 0.1) is 5.41 Å². The summed E-state index contributed by atoms with van der Waals surface area (Å²) in [6, 6.07) is 12.8. The van der Waals surface area contributed by atoms with Gasteiger partial charge in [0, 0.05) is 35.4 Å². The van der Waals surface area contributed by atoms with E-state index in [1.165, 1.54) is 6.20 Å². The summed E-state index contributed by atoms with van der Waals surface area (Å²) >= 11 is 6.07. The summed E-state index contributed by atoms with van der Waals surface area (Å²) in [6.45, 7) is 0. The van der Waals surface area contributed by atoms with Crippen molar-refractivity contribution in [3.05, 3.63) is 71.8 Å². The topological polar surface area (TPSA) is 101 Å². The molecule has 0 radical (unpaired) electrons. The third-order valence-electron chi connectivity index (χ3n) is 3.92. The van der Waals surface area contributed by atoms with E-state index in [2.05, 4.69) is 10.3 Å². The number of anilines is 2. The lowest BCUT2D eigenvalue weighted by molar-refractivity contribution is 0.455. The van der Waals surface area contributed by atoms with E-state index in [9.17, 15) is 0 Å². The number of rotatable bonds is 5. The van der Waals surface area contributed by atoms with Crippen molar-refractivity contribution >= 4 is 46.0 Å².